The zero-order chi connectivity index (χ0) is 16.3. The lowest BCUT2D eigenvalue weighted by Crippen LogP contribution is -2.14. The van der Waals surface area contributed by atoms with Crippen molar-refractivity contribution in [2.24, 2.45) is 0 Å². The Morgan fingerprint density at radius 2 is 1.64 bits per heavy atom. The number of hydrogen-bond donors (Lipinski definition) is 1. The monoisotopic (exact) mass is 298 g/mol. The van der Waals surface area contributed by atoms with Crippen molar-refractivity contribution >= 4 is 17.3 Å². The molecule has 0 spiro atoms. The average molecular weight is 298 g/mol. The van der Waals surface area contributed by atoms with E-state index in [0.717, 1.165) is 5.56 Å². The van der Waals surface area contributed by atoms with Gasteiger partial charge in [-0.25, -0.2) is 0 Å². The molecule has 5 nitrogen and oxygen atoms in total. The highest BCUT2D eigenvalue weighted by Crippen LogP contribution is 2.24. The van der Waals surface area contributed by atoms with E-state index in [-0.39, 0.29) is 16.7 Å². The van der Waals surface area contributed by atoms with Crippen molar-refractivity contribution < 1.29 is 9.72 Å². The maximum Gasteiger partial charge on any atom is 0.282 e. The summed E-state index contributed by atoms with van der Waals surface area (Å²) in [5.41, 5.74) is 1.63. The van der Waals surface area contributed by atoms with E-state index < -0.39 is 10.8 Å². The molecule has 5 heteroatoms. The number of carbonyl (C=O) groups is 1. The first-order valence-electron chi connectivity index (χ1n) is 6.94. The van der Waals surface area contributed by atoms with Gasteiger partial charge in [0.25, 0.3) is 11.6 Å². The number of anilines is 1. The standard InChI is InChI=1S/C17H18N2O3/c1-17(2,3)12-8-10-13(11-9-12)18-16(20)14-6-4-5-7-15(14)19(21)22/h4-11H,1-3H3,(H,18,20). The van der Waals surface area contributed by atoms with E-state index in [2.05, 4.69) is 26.1 Å². The Morgan fingerprint density at radius 1 is 1.05 bits per heavy atom. The third-order valence-corrected chi connectivity index (χ3v) is 3.35. The summed E-state index contributed by atoms with van der Waals surface area (Å²) in [6.45, 7) is 6.32. The van der Waals surface area contributed by atoms with E-state index in [1.165, 1.54) is 18.2 Å². The van der Waals surface area contributed by atoms with Gasteiger partial charge in [0, 0.05) is 11.8 Å². The highest BCUT2D eigenvalue weighted by molar-refractivity contribution is 6.07. The second-order valence-electron chi connectivity index (χ2n) is 6.06. The number of nitro groups is 1. The van der Waals surface area contributed by atoms with Gasteiger partial charge in [-0.15, -0.1) is 0 Å². The van der Waals surface area contributed by atoms with Crippen LogP contribution in [0.3, 0.4) is 0 Å². The molecule has 0 radical (unpaired) electrons. The smallest absolute Gasteiger partial charge is 0.282 e. The summed E-state index contributed by atoms with van der Waals surface area (Å²) >= 11 is 0. The van der Waals surface area contributed by atoms with Gasteiger partial charge in [0.15, 0.2) is 0 Å². The maximum atomic E-state index is 12.2. The zero-order valence-corrected chi connectivity index (χ0v) is 12.8. The average Bonchev–Trinajstić information content (AvgIpc) is 2.46. The van der Waals surface area contributed by atoms with Crippen LogP contribution in [0.4, 0.5) is 11.4 Å². The summed E-state index contributed by atoms with van der Waals surface area (Å²) in [5.74, 6) is -0.490. The number of nitrogens with zero attached hydrogens (tertiary/aromatic N) is 1. The number of nitro benzene ring substituents is 1. The van der Waals surface area contributed by atoms with Crippen molar-refractivity contribution in [3.63, 3.8) is 0 Å². The molecular formula is C17H18N2O3. The lowest BCUT2D eigenvalue weighted by Gasteiger charge is -2.19. The Hall–Kier alpha value is -2.69. The van der Waals surface area contributed by atoms with E-state index in [4.69, 9.17) is 0 Å². The van der Waals surface area contributed by atoms with Gasteiger partial charge in [-0.05, 0) is 29.2 Å². The molecule has 2 aromatic rings. The summed E-state index contributed by atoms with van der Waals surface area (Å²) in [5, 5.41) is 13.6. The van der Waals surface area contributed by atoms with Crippen LogP contribution >= 0.6 is 0 Å². The summed E-state index contributed by atoms with van der Waals surface area (Å²) in [7, 11) is 0. The van der Waals surface area contributed by atoms with Gasteiger partial charge < -0.3 is 5.32 Å². The Labute approximate surface area is 129 Å². The van der Waals surface area contributed by atoms with Crippen LogP contribution in [0.5, 0.6) is 0 Å². The number of hydrogen-bond acceptors (Lipinski definition) is 3. The van der Waals surface area contributed by atoms with E-state index in [1.54, 1.807) is 18.2 Å². The molecular weight excluding hydrogens is 280 g/mol. The number of rotatable bonds is 3. The maximum absolute atomic E-state index is 12.2. The molecule has 0 saturated heterocycles. The number of amides is 1. The predicted molar refractivity (Wildman–Crippen MR) is 86.2 cm³/mol. The molecule has 114 valence electrons. The third-order valence-electron chi connectivity index (χ3n) is 3.35. The molecule has 2 rings (SSSR count). The first-order chi connectivity index (χ1) is 10.3. The molecule has 0 aliphatic carbocycles. The van der Waals surface area contributed by atoms with Crippen LogP contribution in [0.2, 0.25) is 0 Å². The number of para-hydroxylation sites is 1. The molecule has 0 heterocycles. The van der Waals surface area contributed by atoms with Gasteiger partial charge in [-0.1, -0.05) is 45.0 Å². The predicted octanol–water partition coefficient (Wildman–Crippen LogP) is 4.14. The summed E-state index contributed by atoms with van der Waals surface area (Å²) in [6.07, 6.45) is 0. The molecule has 0 aliphatic heterocycles. The van der Waals surface area contributed by atoms with Gasteiger partial charge in [-0.2, -0.15) is 0 Å². The lowest BCUT2D eigenvalue weighted by atomic mass is 9.87. The Kier molecular flexibility index (Phi) is 4.26. The molecule has 2 aromatic carbocycles. The first kappa shape index (κ1) is 15.7. The van der Waals surface area contributed by atoms with E-state index >= 15 is 0 Å². The van der Waals surface area contributed by atoms with Crippen LogP contribution in [0.15, 0.2) is 48.5 Å². The van der Waals surface area contributed by atoms with E-state index in [1.807, 2.05) is 12.1 Å². The van der Waals surface area contributed by atoms with Crippen molar-refractivity contribution in [3.8, 4) is 0 Å². The molecule has 0 bridgehead atoms. The van der Waals surface area contributed by atoms with Crippen molar-refractivity contribution in [2.75, 3.05) is 5.32 Å². The molecule has 0 fully saturated rings. The fourth-order valence-electron chi connectivity index (χ4n) is 2.08. The van der Waals surface area contributed by atoms with E-state index in [9.17, 15) is 14.9 Å². The second-order valence-corrected chi connectivity index (χ2v) is 6.06. The van der Waals surface area contributed by atoms with Gasteiger partial charge in [0.05, 0.1) is 4.92 Å². The topological polar surface area (TPSA) is 72.2 Å². The zero-order valence-electron chi connectivity index (χ0n) is 12.8. The van der Waals surface area contributed by atoms with Crippen molar-refractivity contribution in [1.82, 2.24) is 0 Å². The largest absolute Gasteiger partial charge is 0.322 e. The van der Waals surface area contributed by atoms with Crippen LogP contribution < -0.4 is 5.32 Å². The molecule has 1 amide bonds. The number of benzene rings is 2. The van der Waals surface area contributed by atoms with Gasteiger partial charge in [0.2, 0.25) is 0 Å². The minimum absolute atomic E-state index is 0.0285. The molecule has 0 aromatic heterocycles. The highest BCUT2D eigenvalue weighted by atomic mass is 16.6. The van der Waals surface area contributed by atoms with Gasteiger partial charge >= 0.3 is 0 Å². The highest BCUT2D eigenvalue weighted by Gasteiger charge is 2.19. The Bertz CT molecular complexity index is 701. The summed E-state index contributed by atoms with van der Waals surface area (Å²) in [6, 6.07) is 13.4. The number of carbonyl (C=O) groups excluding carboxylic acids is 1. The van der Waals surface area contributed by atoms with E-state index in [0.29, 0.717) is 5.69 Å². The second kappa shape index (κ2) is 5.97. The summed E-state index contributed by atoms with van der Waals surface area (Å²) in [4.78, 5) is 22.6. The Morgan fingerprint density at radius 3 is 2.18 bits per heavy atom. The fourth-order valence-corrected chi connectivity index (χ4v) is 2.08. The lowest BCUT2D eigenvalue weighted by molar-refractivity contribution is -0.385. The van der Waals surface area contributed by atoms with Crippen molar-refractivity contribution in [1.29, 1.82) is 0 Å². The summed E-state index contributed by atoms with van der Waals surface area (Å²) < 4.78 is 0. The minimum atomic E-state index is -0.558. The normalized spacial score (nSPS) is 11.0. The first-order valence-corrected chi connectivity index (χ1v) is 6.94. The van der Waals surface area contributed by atoms with Crippen LogP contribution in [0.25, 0.3) is 0 Å². The van der Waals surface area contributed by atoms with Crippen molar-refractivity contribution in [2.45, 2.75) is 26.2 Å². The van der Waals surface area contributed by atoms with Gasteiger partial charge in [-0.3, -0.25) is 14.9 Å². The van der Waals surface area contributed by atoms with Crippen LogP contribution in [-0.4, -0.2) is 10.8 Å². The fraction of sp³-hybridized carbons (Fsp3) is 0.235. The molecule has 0 unspecified atom stereocenters. The SMILES string of the molecule is CC(C)(C)c1ccc(NC(=O)c2ccccc2[N+](=O)[O-])cc1. The van der Waals surface area contributed by atoms with Crippen molar-refractivity contribution in [3.05, 3.63) is 69.8 Å². The third kappa shape index (κ3) is 3.49. The molecule has 0 atom stereocenters. The van der Waals surface area contributed by atoms with Crippen LogP contribution in [-0.2, 0) is 5.41 Å². The molecule has 0 aliphatic rings. The minimum Gasteiger partial charge on any atom is -0.322 e. The Balaban J connectivity index is 2.21. The molecule has 0 saturated carbocycles. The van der Waals surface area contributed by atoms with Gasteiger partial charge in [0.1, 0.15) is 5.56 Å². The van der Waals surface area contributed by atoms with Crippen LogP contribution in [0.1, 0.15) is 36.7 Å². The molecule has 1 N–H and O–H groups in total. The quantitative estimate of drug-likeness (QED) is 0.683. The number of nitrogens with one attached hydrogen (secondary N) is 1. The van der Waals surface area contributed by atoms with Crippen LogP contribution in [0, 0.1) is 10.1 Å². The molecule has 22 heavy (non-hydrogen) atoms.